The van der Waals surface area contributed by atoms with Gasteiger partial charge in [-0.05, 0) is 37.3 Å². The molecule has 6 atom stereocenters. The first kappa shape index (κ1) is 25.7. The monoisotopic (exact) mass is 534 g/mol. The number of imidazole rings is 1. The fraction of sp³-hybridized carbons (Fsp3) is 0.478. The van der Waals surface area contributed by atoms with Gasteiger partial charge in [-0.15, -0.1) is 0 Å². The largest absolute Gasteiger partial charge is 0.456 e. The van der Waals surface area contributed by atoms with E-state index in [0.717, 1.165) is 30.9 Å². The van der Waals surface area contributed by atoms with Gasteiger partial charge in [0.25, 0.3) is 0 Å². The molecule has 14 heteroatoms. The van der Waals surface area contributed by atoms with Crippen molar-refractivity contribution >= 4 is 25.2 Å². The summed E-state index contributed by atoms with van der Waals surface area (Å²) in [6.07, 6.45) is 8.34. The van der Waals surface area contributed by atoms with Crippen LogP contribution in [0.4, 0.5) is 10.2 Å². The normalized spacial score (nSPS) is 30.9. The number of anilines is 1. The maximum absolute atomic E-state index is 16.2. The molecule has 2 aromatic heterocycles. The van der Waals surface area contributed by atoms with Gasteiger partial charge in [0.1, 0.15) is 18.5 Å². The first-order chi connectivity index (χ1) is 17.6. The van der Waals surface area contributed by atoms with Crippen LogP contribution in [0.1, 0.15) is 44.9 Å². The first-order valence-electron chi connectivity index (χ1n) is 11.8. The first-order valence-corrected chi connectivity index (χ1v) is 13.4. The molecule has 37 heavy (non-hydrogen) atoms. The Kier molecular flexibility index (Phi) is 6.75. The van der Waals surface area contributed by atoms with E-state index >= 15 is 4.39 Å². The van der Waals surface area contributed by atoms with Crippen LogP contribution in [0.3, 0.4) is 0 Å². The number of hydrogen-bond acceptors (Lipinski definition) is 10. The zero-order valence-electron chi connectivity index (χ0n) is 20.3. The van der Waals surface area contributed by atoms with Crippen LogP contribution in [-0.4, -0.2) is 56.1 Å². The van der Waals surface area contributed by atoms with Gasteiger partial charge < -0.3 is 15.2 Å². The van der Waals surface area contributed by atoms with E-state index in [2.05, 4.69) is 15.1 Å². The van der Waals surface area contributed by atoms with E-state index in [1.54, 1.807) is 0 Å². The predicted molar refractivity (Wildman–Crippen MR) is 130 cm³/mol. The number of nitrogens with zero attached hydrogens (tertiary/aromatic N) is 4. The van der Waals surface area contributed by atoms with Crippen molar-refractivity contribution in [1.82, 2.24) is 19.6 Å². The summed E-state index contributed by atoms with van der Waals surface area (Å²) < 4.78 is 53.0. The van der Waals surface area contributed by atoms with E-state index in [4.69, 9.17) is 29.8 Å². The molecular formula is C23H28FN6O6P. The molecule has 1 saturated heterocycles. The Morgan fingerprint density at radius 1 is 1.35 bits per heavy atom. The average Bonchev–Trinajstić information content (AvgIpc) is 3.37. The van der Waals surface area contributed by atoms with Crippen LogP contribution in [0, 0.1) is 0 Å². The molecule has 0 radical (unpaired) electrons. The molecule has 12 nitrogen and oxygen atoms in total. The van der Waals surface area contributed by atoms with E-state index < -0.39 is 50.4 Å². The number of carbonyl (C=O) groups is 1. The number of fused-ring (bicyclic) bond motifs is 1. The molecule has 4 N–H and O–H groups in total. The number of allylic oxidation sites excluding steroid dienone is 3. The third kappa shape index (κ3) is 4.97. The highest BCUT2D eigenvalue weighted by molar-refractivity contribution is 7.51. The molecule has 3 aliphatic rings. The lowest BCUT2D eigenvalue weighted by molar-refractivity contribution is -0.155. The summed E-state index contributed by atoms with van der Waals surface area (Å²) >= 11 is 0. The summed E-state index contributed by atoms with van der Waals surface area (Å²) in [4.78, 5) is 19.8. The maximum atomic E-state index is 16.2. The van der Waals surface area contributed by atoms with Crippen LogP contribution in [0.25, 0.3) is 5.65 Å². The van der Waals surface area contributed by atoms with Crippen molar-refractivity contribution in [3.8, 4) is 0 Å². The Hall–Kier alpha value is -2.96. The van der Waals surface area contributed by atoms with Crippen molar-refractivity contribution in [2.45, 2.75) is 63.2 Å². The van der Waals surface area contributed by atoms with Crippen molar-refractivity contribution in [3.63, 3.8) is 0 Å². The minimum absolute atomic E-state index is 0.0982. The molecule has 2 aromatic rings. The zero-order valence-corrected chi connectivity index (χ0v) is 21.2. The van der Waals surface area contributed by atoms with Gasteiger partial charge in [0.15, 0.2) is 23.2 Å². The number of aromatic nitrogens is 4. The lowest BCUT2D eigenvalue weighted by Crippen LogP contribution is -2.43. The average molecular weight is 534 g/mol. The Morgan fingerprint density at radius 3 is 2.95 bits per heavy atom. The highest BCUT2D eigenvalue weighted by atomic mass is 31.2. The second-order valence-corrected chi connectivity index (χ2v) is 10.8. The third-order valence-corrected chi connectivity index (χ3v) is 7.65. The van der Waals surface area contributed by atoms with E-state index in [1.165, 1.54) is 24.0 Å². The molecule has 1 fully saturated rings. The third-order valence-electron chi connectivity index (χ3n) is 6.59. The summed E-state index contributed by atoms with van der Waals surface area (Å²) in [5.41, 5.74) is 12.0. The summed E-state index contributed by atoms with van der Waals surface area (Å²) in [5.74, 6) is -0.626. The Labute approximate surface area is 212 Å². The van der Waals surface area contributed by atoms with Crippen LogP contribution < -0.4 is 11.2 Å². The quantitative estimate of drug-likeness (QED) is 0.396. The molecule has 2 aliphatic carbocycles. The van der Waals surface area contributed by atoms with Crippen LogP contribution in [0.15, 0.2) is 48.0 Å². The van der Waals surface area contributed by atoms with E-state index in [9.17, 15) is 9.36 Å². The van der Waals surface area contributed by atoms with Gasteiger partial charge in [-0.1, -0.05) is 24.3 Å². The number of ether oxygens (including phenoxy) is 2. The number of rotatable bonds is 7. The number of nitrogen functional groups attached to an aromatic ring is 1. The molecule has 198 valence electrons. The van der Waals surface area contributed by atoms with Gasteiger partial charge in [-0.3, -0.25) is 13.8 Å². The SMILES string of the molecule is CC(=O)OC1C(COP(N)(=O)OC2CC=CC3=C2C=CCC3)OC(c2cnc3c(N)ncnn23)C1(C)F. The molecular weight excluding hydrogens is 506 g/mol. The van der Waals surface area contributed by atoms with Gasteiger partial charge in [-0.25, -0.2) is 28.9 Å². The number of hydrogen-bond donors (Lipinski definition) is 2. The Morgan fingerprint density at radius 2 is 2.16 bits per heavy atom. The van der Waals surface area contributed by atoms with E-state index in [0.29, 0.717) is 6.42 Å². The van der Waals surface area contributed by atoms with Crippen molar-refractivity contribution in [1.29, 1.82) is 0 Å². The molecule has 0 amide bonds. The number of esters is 1. The summed E-state index contributed by atoms with van der Waals surface area (Å²) in [5, 5.41) is 4.08. The second kappa shape index (κ2) is 9.73. The van der Waals surface area contributed by atoms with Crippen molar-refractivity contribution < 1.29 is 32.3 Å². The molecule has 0 saturated carbocycles. The number of halogens is 1. The Balaban J connectivity index is 1.35. The smallest absolute Gasteiger partial charge is 0.403 e. The molecule has 0 aromatic carbocycles. The highest BCUT2D eigenvalue weighted by Crippen LogP contribution is 2.49. The molecule has 5 rings (SSSR count). The minimum atomic E-state index is -4.10. The molecule has 1 aliphatic heterocycles. The van der Waals surface area contributed by atoms with Gasteiger partial charge in [0.05, 0.1) is 24.6 Å². The predicted octanol–water partition coefficient (Wildman–Crippen LogP) is 2.88. The Bertz CT molecular complexity index is 1360. The fourth-order valence-electron chi connectivity index (χ4n) is 4.92. The van der Waals surface area contributed by atoms with Crippen LogP contribution in [0.5, 0.6) is 0 Å². The van der Waals surface area contributed by atoms with E-state index in [1.807, 2.05) is 24.3 Å². The number of alkyl halides is 1. The van der Waals surface area contributed by atoms with Crippen molar-refractivity contribution in [2.24, 2.45) is 5.50 Å². The number of nitrogens with two attached hydrogens (primary N) is 2. The maximum Gasteiger partial charge on any atom is 0.403 e. The van der Waals surface area contributed by atoms with Gasteiger partial charge in [0, 0.05) is 6.92 Å². The summed E-state index contributed by atoms with van der Waals surface area (Å²) in [7, 11) is -4.10. The van der Waals surface area contributed by atoms with E-state index in [-0.39, 0.29) is 17.2 Å². The molecule has 0 spiro atoms. The zero-order chi connectivity index (χ0) is 26.4. The van der Waals surface area contributed by atoms with Gasteiger partial charge >= 0.3 is 13.7 Å². The van der Waals surface area contributed by atoms with Crippen LogP contribution >= 0.6 is 7.75 Å². The lowest BCUT2D eigenvalue weighted by atomic mass is 9.89. The van der Waals surface area contributed by atoms with Gasteiger partial charge in [-0.2, -0.15) is 5.10 Å². The molecule has 3 heterocycles. The number of carbonyl (C=O) groups excluding carboxylic acids is 1. The van der Waals surface area contributed by atoms with Crippen molar-refractivity contribution in [3.05, 3.63) is 53.7 Å². The highest BCUT2D eigenvalue weighted by Gasteiger charge is 2.58. The topological polar surface area (TPSA) is 166 Å². The molecule has 6 unspecified atom stereocenters. The van der Waals surface area contributed by atoms with Crippen LogP contribution in [-0.2, 0) is 27.9 Å². The second-order valence-electron chi connectivity index (χ2n) is 9.29. The fourth-order valence-corrected chi connectivity index (χ4v) is 5.89. The summed E-state index contributed by atoms with van der Waals surface area (Å²) in [6, 6.07) is 0. The van der Waals surface area contributed by atoms with Crippen molar-refractivity contribution in [2.75, 3.05) is 12.3 Å². The standard InChI is InChI=1S/C23H28FN6O6P/c1-13(31)34-20-18(11-33-37(26,32)36-17-9-5-7-14-6-3-4-8-15(14)17)35-19(23(20,2)24)16-10-27-22-21(25)28-12-29-30(16)22/h4-5,7-8,10,12,17-20H,3,6,9,11H2,1-2H3,(H2,26,32)(H2,25,28,29). The minimum Gasteiger partial charge on any atom is -0.456 e. The van der Waals surface area contributed by atoms with Gasteiger partial charge in [0.2, 0.25) is 0 Å². The summed E-state index contributed by atoms with van der Waals surface area (Å²) in [6.45, 7) is 1.92. The van der Waals surface area contributed by atoms with Crippen LogP contribution in [0.2, 0.25) is 0 Å². The lowest BCUT2D eigenvalue weighted by Gasteiger charge is -2.29. The molecule has 0 bridgehead atoms.